The molecular weight excluding hydrogens is 346 g/mol. The SMILES string of the molecule is O=c1c([N+](=O)[O-])c(NC[C@H]2CCCO2)c2ccccc2n1-c1ccccc1. The van der Waals surface area contributed by atoms with Crippen molar-refractivity contribution in [3.05, 3.63) is 75.1 Å². The predicted molar refractivity (Wildman–Crippen MR) is 104 cm³/mol. The Labute approximate surface area is 155 Å². The molecule has 0 amide bonds. The summed E-state index contributed by atoms with van der Waals surface area (Å²) in [6.07, 6.45) is 1.88. The van der Waals surface area contributed by atoms with E-state index in [4.69, 9.17) is 4.74 Å². The molecule has 0 spiro atoms. The summed E-state index contributed by atoms with van der Waals surface area (Å²) < 4.78 is 6.99. The zero-order chi connectivity index (χ0) is 18.8. The molecule has 4 rings (SSSR count). The molecule has 0 aliphatic carbocycles. The van der Waals surface area contributed by atoms with Crippen molar-refractivity contribution >= 4 is 22.3 Å². The Morgan fingerprint density at radius 1 is 1.15 bits per heavy atom. The molecule has 1 atom stereocenters. The van der Waals surface area contributed by atoms with Gasteiger partial charge in [0, 0.05) is 24.2 Å². The van der Waals surface area contributed by atoms with Crippen molar-refractivity contribution in [2.75, 3.05) is 18.5 Å². The summed E-state index contributed by atoms with van der Waals surface area (Å²) in [6.45, 7) is 1.13. The number of hydrogen-bond donors (Lipinski definition) is 1. The summed E-state index contributed by atoms with van der Waals surface area (Å²) in [6, 6.07) is 16.2. The number of hydrogen-bond acceptors (Lipinski definition) is 5. The van der Waals surface area contributed by atoms with Gasteiger partial charge in [0.2, 0.25) is 0 Å². The number of anilines is 1. The molecule has 7 heteroatoms. The van der Waals surface area contributed by atoms with Gasteiger partial charge < -0.3 is 10.1 Å². The van der Waals surface area contributed by atoms with Gasteiger partial charge in [0.05, 0.1) is 16.5 Å². The number of pyridine rings is 1. The van der Waals surface area contributed by atoms with Crippen molar-refractivity contribution in [1.29, 1.82) is 0 Å². The molecule has 0 radical (unpaired) electrons. The minimum Gasteiger partial charge on any atom is -0.376 e. The Morgan fingerprint density at radius 3 is 2.59 bits per heavy atom. The fraction of sp³-hybridized carbons (Fsp3) is 0.250. The first-order valence-electron chi connectivity index (χ1n) is 8.90. The van der Waals surface area contributed by atoms with E-state index >= 15 is 0 Å². The molecule has 0 unspecified atom stereocenters. The number of rotatable bonds is 5. The summed E-state index contributed by atoms with van der Waals surface area (Å²) in [5.41, 5.74) is 0.361. The number of benzene rings is 2. The number of ether oxygens (including phenoxy) is 1. The normalized spacial score (nSPS) is 16.5. The van der Waals surface area contributed by atoms with Gasteiger partial charge in [-0.2, -0.15) is 0 Å². The van der Waals surface area contributed by atoms with Crippen LogP contribution in [0.2, 0.25) is 0 Å². The van der Waals surface area contributed by atoms with Crippen molar-refractivity contribution in [2.45, 2.75) is 18.9 Å². The van der Waals surface area contributed by atoms with E-state index in [1.54, 1.807) is 36.4 Å². The smallest absolute Gasteiger partial charge is 0.357 e. The summed E-state index contributed by atoms with van der Waals surface area (Å²) in [7, 11) is 0. The molecule has 1 aliphatic heterocycles. The number of nitrogens with one attached hydrogen (secondary N) is 1. The summed E-state index contributed by atoms with van der Waals surface area (Å²) in [5.74, 6) is 0. The van der Waals surface area contributed by atoms with E-state index in [0.29, 0.717) is 29.7 Å². The van der Waals surface area contributed by atoms with E-state index in [0.717, 1.165) is 12.8 Å². The highest BCUT2D eigenvalue weighted by Gasteiger charge is 2.27. The Kier molecular flexibility index (Phi) is 4.60. The molecule has 2 heterocycles. The van der Waals surface area contributed by atoms with Crippen LogP contribution < -0.4 is 10.9 Å². The maximum Gasteiger partial charge on any atom is 0.357 e. The molecule has 0 saturated carbocycles. The van der Waals surface area contributed by atoms with Crippen LogP contribution in [0.1, 0.15) is 12.8 Å². The number of para-hydroxylation sites is 2. The summed E-state index contributed by atoms with van der Waals surface area (Å²) >= 11 is 0. The van der Waals surface area contributed by atoms with Gasteiger partial charge in [0.1, 0.15) is 5.69 Å². The van der Waals surface area contributed by atoms with E-state index in [2.05, 4.69) is 5.32 Å². The molecule has 7 nitrogen and oxygen atoms in total. The Hall–Kier alpha value is -3.19. The molecule has 1 aromatic heterocycles. The second-order valence-corrected chi connectivity index (χ2v) is 6.49. The average Bonchev–Trinajstić information content (AvgIpc) is 3.20. The van der Waals surface area contributed by atoms with Crippen LogP contribution in [0, 0.1) is 10.1 Å². The largest absolute Gasteiger partial charge is 0.376 e. The first-order valence-corrected chi connectivity index (χ1v) is 8.90. The van der Waals surface area contributed by atoms with Gasteiger partial charge in [-0.05, 0) is 31.0 Å². The van der Waals surface area contributed by atoms with E-state index in [9.17, 15) is 14.9 Å². The second kappa shape index (κ2) is 7.20. The predicted octanol–water partition coefficient (Wildman–Crippen LogP) is 3.49. The Morgan fingerprint density at radius 2 is 1.89 bits per heavy atom. The topological polar surface area (TPSA) is 86.4 Å². The monoisotopic (exact) mass is 365 g/mol. The number of fused-ring (bicyclic) bond motifs is 1. The maximum atomic E-state index is 13.1. The Bertz CT molecular complexity index is 1040. The van der Waals surface area contributed by atoms with Crippen LogP contribution in [0.3, 0.4) is 0 Å². The van der Waals surface area contributed by atoms with E-state index < -0.39 is 16.2 Å². The number of nitrogens with zero attached hydrogens (tertiary/aromatic N) is 2. The zero-order valence-electron chi connectivity index (χ0n) is 14.6. The van der Waals surface area contributed by atoms with Crippen LogP contribution >= 0.6 is 0 Å². The molecule has 27 heavy (non-hydrogen) atoms. The maximum absolute atomic E-state index is 13.1. The van der Waals surface area contributed by atoms with Gasteiger partial charge in [-0.25, -0.2) is 0 Å². The molecule has 138 valence electrons. The van der Waals surface area contributed by atoms with Crippen LogP contribution in [0.4, 0.5) is 11.4 Å². The fourth-order valence-corrected chi connectivity index (χ4v) is 3.53. The third-order valence-electron chi connectivity index (χ3n) is 4.78. The molecule has 1 aliphatic rings. The van der Waals surface area contributed by atoms with Crippen LogP contribution in [-0.2, 0) is 4.74 Å². The minimum absolute atomic E-state index is 0.0000729. The van der Waals surface area contributed by atoms with Gasteiger partial charge in [-0.1, -0.05) is 36.4 Å². The summed E-state index contributed by atoms with van der Waals surface area (Å²) in [5, 5.41) is 15.5. The quantitative estimate of drug-likeness (QED) is 0.552. The molecule has 3 aromatic rings. The van der Waals surface area contributed by atoms with E-state index in [-0.39, 0.29) is 11.8 Å². The minimum atomic E-state index is -0.653. The van der Waals surface area contributed by atoms with Crippen LogP contribution in [0.15, 0.2) is 59.4 Å². The van der Waals surface area contributed by atoms with E-state index in [1.807, 2.05) is 18.2 Å². The molecule has 2 aromatic carbocycles. The van der Waals surface area contributed by atoms with Gasteiger partial charge in [0.25, 0.3) is 0 Å². The first kappa shape index (κ1) is 17.2. The lowest BCUT2D eigenvalue weighted by atomic mass is 10.1. The van der Waals surface area contributed by atoms with Crippen LogP contribution in [0.5, 0.6) is 0 Å². The lowest BCUT2D eigenvalue weighted by Crippen LogP contribution is -2.26. The number of nitro groups is 1. The average molecular weight is 365 g/mol. The molecule has 1 N–H and O–H groups in total. The molecular formula is C20H19N3O4. The van der Waals surface area contributed by atoms with Crippen molar-refractivity contribution in [3.8, 4) is 5.69 Å². The molecule has 1 fully saturated rings. The van der Waals surface area contributed by atoms with Crippen molar-refractivity contribution in [3.63, 3.8) is 0 Å². The van der Waals surface area contributed by atoms with Crippen molar-refractivity contribution in [1.82, 2.24) is 4.57 Å². The molecule has 1 saturated heterocycles. The Balaban J connectivity index is 1.93. The lowest BCUT2D eigenvalue weighted by Gasteiger charge is -2.17. The number of aromatic nitrogens is 1. The van der Waals surface area contributed by atoms with Gasteiger partial charge >= 0.3 is 11.2 Å². The highest BCUT2D eigenvalue weighted by Crippen LogP contribution is 2.31. The standard InChI is InChI=1S/C20H19N3O4/c24-20-19(23(25)26)18(21-13-15-9-6-12-27-15)16-10-4-5-11-17(16)22(20)14-7-2-1-3-8-14/h1-5,7-8,10-11,15,21H,6,9,12-13H2/t15-/m1/s1. The first-order chi connectivity index (χ1) is 13.2. The zero-order valence-corrected chi connectivity index (χ0v) is 14.6. The van der Waals surface area contributed by atoms with E-state index in [1.165, 1.54) is 4.57 Å². The fourth-order valence-electron chi connectivity index (χ4n) is 3.53. The highest BCUT2D eigenvalue weighted by molar-refractivity contribution is 5.97. The second-order valence-electron chi connectivity index (χ2n) is 6.49. The van der Waals surface area contributed by atoms with Crippen molar-refractivity contribution < 1.29 is 9.66 Å². The van der Waals surface area contributed by atoms with Gasteiger partial charge in [-0.3, -0.25) is 19.5 Å². The van der Waals surface area contributed by atoms with Crippen molar-refractivity contribution in [2.24, 2.45) is 0 Å². The van der Waals surface area contributed by atoms with Crippen LogP contribution in [-0.4, -0.2) is 28.7 Å². The van der Waals surface area contributed by atoms with Gasteiger partial charge in [-0.15, -0.1) is 0 Å². The summed E-state index contributed by atoms with van der Waals surface area (Å²) in [4.78, 5) is 24.3. The van der Waals surface area contributed by atoms with Crippen LogP contribution in [0.25, 0.3) is 16.6 Å². The lowest BCUT2D eigenvalue weighted by molar-refractivity contribution is -0.385. The van der Waals surface area contributed by atoms with Gasteiger partial charge in [0.15, 0.2) is 0 Å². The molecule has 0 bridgehead atoms. The third-order valence-corrected chi connectivity index (χ3v) is 4.78. The highest BCUT2D eigenvalue weighted by atomic mass is 16.6. The third kappa shape index (κ3) is 3.17.